The monoisotopic (exact) mass is 315 g/mol. The van der Waals surface area contributed by atoms with E-state index in [4.69, 9.17) is 0 Å². The van der Waals surface area contributed by atoms with Gasteiger partial charge in [0, 0.05) is 24.4 Å². The van der Waals surface area contributed by atoms with E-state index < -0.39 is 10.0 Å². The predicted octanol–water partition coefficient (Wildman–Crippen LogP) is 2.47. The molecule has 0 amide bonds. The second-order valence-corrected chi connectivity index (χ2v) is 7.03. The summed E-state index contributed by atoms with van der Waals surface area (Å²) in [4.78, 5) is 7.18. The van der Waals surface area contributed by atoms with Crippen LogP contribution >= 0.6 is 0 Å². The van der Waals surface area contributed by atoms with Crippen molar-refractivity contribution in [2.24, 2.45) is 0 Å². The van der Waals surface area contributed by atoms with Gasteiger partial charge >= 0.3 is 0 Å². The first kappa shape index (κ1) is 14.7. The lowest BCUT2D eigenvalue weighted by atomic mass is 10.1. The maximum absolute atomic E-state index is 12.5. The summed E-state index contributed by atoms with van der Waals surface area (Å²) in [7, 11) is -3.54. The van der Waals surface area contributed by atoms with Crippen molar-refractivity contribution in [2.75, 3.05) is 0 Å². The molecule has 3 rings (SSSR count). The lowest BCUT2D eigenvalue weighted by Gasteiger charge is -2.13. The van der Waals surface area contributed by atoms with E-state index in [0.717, 1.165) is 16.5 Å². The highest BCUT2D eigenvalue weighted by atomic mass is 32.2. The first-order valence-electron chi connectivity index (χ1n) is 7.03. The van der Waals surface area contributed by atoms with Crippen molar-refractivity contribution in [3.63, 3.8) is 0 Å². The van der Waals surface area contributed by atoms with Crippen molar-refractivity contribution < 1.29 is 8.42 Å². The largest absolute Gasteiger partial charge is 0.348 e. The van der Waals surface area contributed by atoms with E-state index in [2.05, 4.69) is 14.7 Å². The van der Waals surface area contributed by atoms with Crippen LogP contribution in [-0.2, 0) is 16.4 Å². The zero-order chi connectivity index (χ0) is 15.6. The summed E-state index contributed by atoms with van der Waals surface area (Å²) in [6.07, 6.45) is 3.84. The molecule has 0 spiro atoms. The molecule has 0 radical (unpaired) electrons. The fraction of sp³-hybridized carbons (Fsp3) is 0.188. The number of H-pyrrole nitrogens is 1. The quantitative estimate of drug-likeness (QED) is 0.759. The molecule has 0 saturated heterocycles. The molecular formula is C16H17N3O2S. The second kappa shape index (κ2) is 5.90. The minimum absolute atomic E-state index is 0.225. The summed E-state index contributed by atoms with van der Waals surface area (Å²) in [5.41, 5.74) is 0.897. The summed E-state index contributed by atoms with van der Waals surface area (Å²) in [6.45, 7) is 1.83. The Morgan fingerprint density at radius 1 is 1.18 bits per heavy atom. The standard InChI is InChI=1S/C16H17N3O2S/c1-12(8-15-10-17-11-18-15)19-22(20,21)16-7-6-13-4-2-3-5-14(13)9-16/h2-7,9-12,19H,8H2,1H3,(H,17,18)/t12-/m1/s1. The van der Waals surface area contributed by atoms with Crippen molar-refractivity contribution in [3.05, 3.63) is 60.7 Å². The summed E-state index contributed by atoms with van der Waals surface area (Å²) in [5.74, 6) is 0. The zero-order valence-corrected chi connectivity index (χ0v) is 13.0. The molecule has 0 aliphatic carbocycles. The van der Waals surface area contributed by atoms with Crippen LogP contribution in [0.25, 0.3) is 10.8 Å². The fourth-order valence-electron chi connectivity index (χ4n) is 2.44. The summed E-state index contributed by atoms with van der Waals surface area (Å²) >= 11 is 0. The third-order valence-electron chi connectivity index (χ3n) is 3.47. The molecule has 0 unspecified atom stereocenters. The molecule has 0 bridgehead atoms. The Balaban J connectivity index is 1.81. The van der Waals surface area contributed by atoms with Crippen LogP contribution in [0.15, 0.2) is 59.9 Å². The number of rotatable bonds is 5. The van der Waals surface area contributed by atoms with Crippen LogP contribution in [-0.4, -0.2) is 24.4 Å². The molecule has 3 aromatic rings. The van der Waals surface area contributed by atoms with Gasteiger partial charge in [0.05, 0.1) is 11.2 Å². The molecule has 1 atom stereocenters. The number of nitrogens with zero attached hydrogens (tertiary/aromatic N) is 1. The SMILES string of the molecule is C[C@H](Cc1cnc[nH]1)NS(=O)(=O)c1ccc2ccccc2c1. The Labute approximate surface area is 129 Å². The number of imidazole rings is 1. The van der Waals surface area contributed by atoms with Gasteiger partial charge in [0.15, 0.2) is 0 Å². The third-order valence-corrected chi connectivity index (χ3v) is 5.06. The van der Waals surface area contributed by atoms with Gasteiger partial charge in [0.1, 0.15) is 0 Å². The van der Waals surface area contributed by atoms with Crippen LogP contribution in [0.4, 0.5) is 0 Å². The number of hydrogen-bond donors (Lipinski definition) is 2. The number of aromatic amines is 1. The smallest absolute Gasteiger partial charge is 0.240 e. The minimum Gasteiger partial charge on any atom is -0.348 e. The Morgan fingerprint density at radius 2 is 1.95 bits per heavy atom. The molecule has 6 heteroatoms. The number of sulfonamides is 1. The Morgan fingerprint density at radius 3 is 2.68 bits per heavy atom. The highest BCUT2D eigenvalue weighted by molar-refractivity contribution is 7.89. The van der Waals surface area contributed by atoms with Crippen LogP contribution in [0.5, 0.6) is 0 Å². The van der Waals surface area contributed by atoms with Gasteiger partial charge in [-0.05, 0) is 29.8 Å². The lowest BCUT2D eigenvalue weighted by Crippen LogP contribution is -2.34. The van der Waals surface area contributed by atoms with Gasteiger partial charge in [0.25, 0.3) is 0 Å². The van der Waals surface area contributed by atoms with Gasteiger partial charge < -0.3 is 4.98 Å². The minimum atomic E-state index is -3.54. The van der Waals surface area contributed by atoms with E-state index in [1.807, 2.05) is 37.3 Å². The molecule has 2 aromatic carbocycles. The van der Waals surface area contributed by atoms with Crippen molar-refractivity contribution in [1.82, 2.24) is 14.7 Å². The molecule has 0 aliphatic rings. The van der Waals surface area contributed by atoms with E-state index in [0.29, 0.717) is 6.42 Å². The van der Waals surface area contributed by atoms with Crippen molar-refractivity contribution in [3.8, 4) is 0 Å². The number of hydrogen-bond acceptors (Lipinski definition) is 3. The highest BCUT2D eigenvalue weighted by Gasteiger charge is 2.18. The lowest BCUT2D eigenvalue weighted by molar-refractivity contribution is 0.558. The van der Waals surface area contributed by atoms with E-state index in [1.54, 1.807) is 24.7 Å². The van der Waals surface area contributed by atoms with Gasteiger partial charge in [0.2, 0.25) is 10.0 Å². The van der Waals surface area contributed by atoms with E-state index in [-0.39, 0.29) is 10.9 Å². The molecule has 22 heavy (non-hydrogen) atoms. The highest BCUT2D eigenvalue weighted by Crippen LogP contribution is 2.19. The molecule has 0 fully saturated rings. The normalized spacial score (nSPS) is 13.3. The van der Waals surface area contributed by atoms with Gasteiger partial charge in [-0.1, -0.05) is 30.3 Å². The molecule has 114 valence electrons. The first-order chi connectivity index (χ1) is 10.5. The Hall–Kier alpha value is -2.18. The van der Waals surface area contributed by atoms with Crippen molar-refractivity contribution in [1.29, 1.82) is 0 Å². The number of nitrogens with one attached hydrogen (secondary N) is 2. The number of fused-ring (bicyclic) bond motifs is 1. The average molecular weight is 315 g/mol. The van der Waals surface area contributed by atoms with Gasteiger partial charge in [-0.2, -0.15) is 0 Å². The van der Waals surface area contributed by atoms with Crippen LogP contribution in [0.3, 0.4) is 0 Å². The fourth-order valence-corrected chi connectivity index (χ4v) is 3.71. The first-order valence-corrected chi connectivity index (χ1v) is 8.51. The molecule has 2 N–H and O–H groups in total. The summed E-state index contributed by atoms with van der Waals surface area (Å²) < 4.78 is 27.7. The molecule has 0 aliphatic heterocycles. The summed E-state index contributed by atoms with van der Waals surface area (Å²) in [6, 6.07) is 12.6. The maximum Gasteiger partial charge on any atom is 0.240 e. The molecule has 5 nitrogen and oxygen atoms in total. The van der Waals surface area contributed by atoms with Crippen molar-refractivity contribution >= 4 is 20.8 Å². The third kappa shape index (κ3) is 3.18. The van der Waals surface area contributed by atoms with Crippen molar-refractivity contribution in [2.45, 2.75) is 24.3 Å². The van der Waals surface area contributed by atoms with Crippen LogP contribution in [0.1, 0.15) is 12.6 Å². The van der Waals surface area contributed by atoms with Gasteiger partial charge in [-0.25, -0.2) is 18.1 Å². The number of aromatic nitrogens is 2. The zero-order valence-electron chi connectivity index (χ0n) is 12.2. The van der Waals surface area contributed by atoms with Crippen LogP contribution < -0.4 is 4.72 Å². The van der Waals surface area contributed by atoms with Gasteiger partial charge in [-0.15, -0.1) is 0 Å². The van der Waals surface area contributed by atoms with E-state index >= 15 is 0 Å². The second-order valence-electron chi connectivity index (χ2n) is 5.31. The average Bonchev–Trinajstić information content (AvgIpc) is 2.99. The molecular weight excluding hydrogens is 298 g/mol. The topological polar surface area (TPSA) is 74.8 Å². The van der Waals surface area contributed by atoms with Crippen LogP contribution in [0, 0.1) is 0 Å². The number of benzene rings is 2. The van der Waals surface area contributed by atoms with Crippen LogP contribution in [0.2, 0.25) is 0 Å². The predicted molar refractivity (Wildman–Crippen MR) is 86.0 cm³/mol. The Bertz CT molecular complexity index is 873. The molecule has 1 heterocycles. The maximum atomic E-state index is 12.5. The molecule has 1 aromatic heterocycles. The van der Waals surface area contributed by atoms with Gasteiger partial charge in [-0.3, -0.25) is 0 Å². The Kier molecular flexibility index (Phi) is 3.96. The summed E-state index contributed by atoms with van der Waals surface area (Å²) in [5, 5.41) is 1.93. The van der Waals surface area contributed by atoms with E-state index in [1.165, 1.54) is 0 Å². The van der Waals surface area contributed by atoms with E-state index in [9.17, 15) is 8.42 Å². The molecule has 0 saturated carbocycles.